The van der Waals surface area contributed by atoms with Crippen molar-refractivity contribution in [2.75, 3.05) is 14.1 Å². The molecule has 0 spiro atoms. The fourth-order valence-electron chi connectivity index (χ4n) is 1.28. The summed E-state index contributed by atoms with van der Waals surface area (Å²) >= 11 is 3.44. The first-order chi connectivity index (χ1) is 6.91. The Bertz CT molecular complexity index is 491. The predicted molar refractivity (Wildman–Crippen MR) is 67.1 cm³/mol. The number of Topliss-reactive ketones (excluding diaryl/α,β-unsaturated/α-hetero) is 1. The first-order valence-corrected chi connectivity index (χ1v) is 5.39. The first-order valence-electron chi connectivity index (χ1n) is 4.59. The van der Waals surface area contributed by atoms with E-state index in [0.717, 1.165) is 14.9 Å². The maximum atomic E-state index is 11.2. The van der Waals surface area contributed by atoms with E-state index >= 15 is 0 Å². The van der Waals surface area contributed by atoms with Gasteiger partial charge in [-0.1, -0.05) is 22.5 Å². The van der Waals surface area contributed by atoms with Crippen LogP contribution >= 0.6 is 15.9 Å². The van der Waals surface area contributed by atoms with Gasteiger partial charge < -0.3 is 4.90 Å². The molecule has 2 nitrogen and oxygen atoms in total. The summed E-state index contributed by atoms with van der Waals surface area (Å²) in [5.41, 5.74) is 0.683. The van der Waals surface area contributed by atoms with Gasteiger partial charge >= 0.3 is 0 Å². The molecule has 0 radical (unpaired) electrons. The third-order valence-electron chi connectivity index (χ3n) is 2.01. The summed E-state index contributed by atoms with van der Waals surface area (Å²) in [5, 5.41) is 1.85. The van der Waals surface area contributed by atoms with Crippen LogP contribution in [0.25, 0.3) is 12.8 Å². The summed E-state index contributed by atoms with van der Waals surface area (Å²) in [7, 11) is 3.90. The van der Waals surface area contributed by atoms with Gasteiger partial charge in [0, 0.05) is 35.6 Å². The van der Waals surface area contributed by atoms with Crippen LogP contribution in [-0.2, 0) is 0 Å². The van der Waals surface area contributed by atoms with Gasteiger partial charge in [-0.15, -0.1) is 0 Å². The largest absolute Gasteiger partial charge is 0.383 e. The summed E-state index contributed by atoms with van der Waals surface area (Å²) in [4.78, 5) is 13.2. The molecule has 3 heteroatoms. The SMILES string of the molecule is C=c1cc(C(C)=O)cc(Br)/c1=C/N(C)C. The summed E-state index contributed by atoms with van der Waals surface area (Å²) in [5.74, 6) is 0.0528. The monoisotopic (exact) mass is 267 g/mol. The number of hydrogen-bond acceptors (Lipinski definition) is 2. The molecule has 1 aromatic rings. The van der Waals surface area contributed by atoms with Gasteiger partial charge in [-0.3, -0.25) is 4.79 Å². The van der Waals surface area contributed by atoms with Crippen molar-refractivity contribution in [3.8, 4) is 0 Å². The number of ketones is 1. The van der Waals surface area contributed by atoms with Gasteiger partial charge in [-0.25, -0.2) is 0 Å². The van der Waals surface area contributed by atoms with Crippen molar-refractivity contribution in [3.63, 3.8) is 0 Å². The molecule has 0 fully saturated rings. The lowest BCUT2D eigenvalue weighted by Crippen LogP contribution is -2.28. The van der Waals surface area contributed by atoms with E-state index in [9.17, 15) is 4.79 Å². The van der Waals surface area contributed by atoms with Crippen LogP contribution in [0.15, 0.2) is 16.6 Å². The lowest BCUT2D eigenvalue weighted by Gasteiger charge is -2.05. The molecule has 0 amide bonds. The molecular weight excluding hydrogens is 254 g/mol. The standard InChI is InChI=1S/C12H14BrNO/c1-8-5-10(9(2)15)6-12(13)11(8)7-14(3)4/h5-7H,1H2,2-4H3/b11-7+. The van der Waals surface area contributed by atoms with E-state index in [1.807, 2.05) is 37.3 Å². The van der Waals surface area contributed by atoms with Gasteiger partial charge in [0.05, 0.1) is 0 Å². The molecule has 15 heavy (non-hydrogen) atoms. The molecule has 0 aliphatic carbocycles. The highest BCUT2D eigenvalue weighted by atomic mass is 79.9. The van der Waals surface area contributed by atoms with Crippen LogP contribution < -0.4 is 10.4 Å². The minimum atomic E-state index is 0.0528. The Kier molecular flexibility index (Phi) is 3.69. The van der Waals surface area contributed by atoms with Crippen molar-refractivity contribution >= 4 is 34.5 Å². The van der Waals surface area contributed by atoms with Crippen molar-refractivity contribution in [3.05, 3.63) is 32.6 Å². The molecule has 0 N–H and O–H groups in total. The zero-order valence-electron chi connectivity index (χ0n) is 9.17. The van der Waals surface area contributed by atoms with E-state index in [2.05, 4.69) is 22.5 Å². The number of carbonyl (C=O) groups is 1. The van der Waals surface area contributed by atoms with Gasteiger partial charge in [-0.05, 0) is 24.3 Å². The van der Waals surface area contributed by atoms with Crippen molar-refractivity contribution < 1.29 is 4.79 Å². The minimum absolute atomic E-state index is 0.0528. The average Bonchev–Trinajstić information content (AvgIpc) is 2.10. The zero-order chi connectivity index (χ0) is 11.6. The zero-order valence-corrected chi connectivity index (χ0v) is 10.8. The van der Waals surface area contributed by atoms with Crippen LogP contribution in [0.5, 0.6) is 0 Å². The summed E-state index contributed by atoms with van der Waals surface area (Å²) in [6.45, 7) is 5.49. The Morgan fingerprint density at radius 3 is 2.47 bits per heavy atom. The molecule has 0 bridgehead atoms. The van der Waals surface area contributed by atoms with Crippen LogP contribution in [0.3, 0.4) is 0 Å². The maximum Gasteiger partial charge on any atom is 0.159 e. The third kappa shape index (κ3) is 2.93. The summed E-state index contributed by atoms with van der Waals surface area (Å²) < 4.78 is 0.897. The number of nitrogens with zero attached hydrogens (tertiary/aromatic N) is 1. The quantitative estimate of drug-likeness (QED) is 0.755. The molecule has 0 unspecified atom stereocenters. The Morgan fingerprint density at radius 2 is 2.07 bits per heavy atom. The van der Waals surface area contributed by atoms with E-state index in [1.165, 1.54) is 0 Å². The Labute approximate surface area is 98.0 Å². The van der Waals surface area contributed by atoms with E-state index in [4.69, 9.17) is 0 Å². The molecule has 1 rings (SSSR count). The average molecular weight is 268 g/mol. The lowest BCUT2D eigenvalue weighted by molar-refractivity contribution is 0.101. The molecule has 80 valence electrons. The molecule has 0 heterocycles. The molecule has 0 saturated carbocycles. The van der Waals surface area contributed by atoms with Crippen molar-refractivity contribution in [2.24, 2.45) is 0 Å². The van der Waals surface area contributed by atoms with Crippen molar-refractivity contribution in [1.82, 2.24) is 4.90 Å². The number of benzene rings is 1. The van der Waals surface area contributed by atoms with Gasteiger partial charge in [0.15, 0.2) is 5.78 Å². The fourth-order valence-corrected chi connectivity index (χ4v) is 1.88. The molecule has 0 atom stereocenters. The van der Waals surface area contributed by atoms with Gasteiger partial charge in [-0.2, -0.15) is 0 Å². The van der Waals surface area contributed by atoms with E-state index < -0.39 is 0 Å². The predicted octanol–water partition coefficient (Wildman–Crippen LogP) is 1.36. The van der Waals surface area contributed by atoms with Crippen LogP contribution in [0.1, 0.15) is 17.3 Å². The van der Waals surface area contributed by atoms with Crippen molar-refractivity contribution in [1.29, 1.82) is 0 Å². The minimum Gasteiger partial charge on any atom is -0.383 e. The Balaban J connectivity index is 3.48. The van der Waals surface area contributed by atoms with Crippen LogP contribution in [-0.4, -0.2) is 24.8 Å². The number of halogens is 1. The topological polar surface area (TPSA) is 20.3 Å². The molecule has 0 aliphatic rings. The summed E-state index contributed by atoms with van der Waals surface area (Å²) in [6.07, 6.45) is 1.97. The molecule has 0 aromatic heterocycles. The van der Waals surface area contributed by atoms with Crippen molar-refractivity contribution in [2.45, 2.75) is 6.92 Å². The fraction of sp³-hybridized carbons (Fsp3) is 0.250. The summed E-state index contributed by atoms with van der Waals surface area (Å²) in [6, 6.07) is 3.63. The number of hydrogen-bond donors (Lipinski definition) is 0. The second-order valence-corrected chi connectivity index (χ2v) is 4.53. The third-order valence-corrected chi connectivity index (χ3v) is 2.67. The van der Waals surface area contributed by atoms with E-state index in [-0.39, 0.29) is 5.78 Å². The molecule has 1 aromatic carbocycles. The Hall–Kier alpha value is -1.09. The maximum absolute atomic E-state index is 11.2. The Morgan fingerprint density at radius 1 is 1.47 bits per heavy atom. The molecular formula is C12H14BrNO. The first kappa shape index (κ1) is 12.0. The van der Waals surface area contributed by atoms with Gasteiger partial charge in [0.2, 0.25) is 0 Å². The number of carbonyl (C=O) groups excluding carboxylic acids is 1. The second-order valence-electron chi connectivity index (χ2n) is 3.68. The smallest absolute Gasteiger partial charge is 0.159 e. The van der Waals surface area contributed by atoms with Crippen LogP contribution in [0.4, 0.5) is 0 Å². The van der Waals surface area contributed by atoms with Gasteiger partial charge in [0.1, 0.15) is 0 Å². The lowest BCUT2D eigenvalue weighted by atomic mass is 10.1. The van der Waals surface area contributed by atoms with E-state index in [0.29, 0.717) is 5.56 Å². The second kappa shape index (κ2) is 4.62. The molecule has 0 saturated heterocycles. The number of rotatable bonds is 2. The normalized spacial score (nSPS) is 11.6. The molecule has 0 aliphatic heterocycles. The van der Waals surface area contributed by atoms with E-state index in [1.54, 1.807) is 6.92 Å². The highest BCUT2D eigenvalue weighted by Gasteiger charge is 2.02. The highest BCUT2D eigenvalue weighted by Crippen LogP contribution is 2.05. The highest BCUT2D eigenvalue weighted by molar-refractivity contribution is 9.10. The van der Waals surface area contributed by atoms with Crippen LogP contribution in [0, 0.1) is 0 Å². The van der Waals surface area contributed by atoms with Crippen LogP contribution in [0.2, 0.25) is 0 Å². The van der Waals surface area contributed by atoms with Gasteiger partial charge in [0.25, 0.3) is 0 Å².